The molecule has 0 saturated heterocycles. The van der Waals surface area contributed by atoms with Crippen LogP contribution < -0.4 is 5.32 Å². The molecule has 0 radical (unpaired) electrons. The van der Waals surface area contributed by atoms with Crippen LogP contribution in [0.3, 0.4) is 0 Å². The Morgan fingerprint density at radius 3 is 2.62 bits per heavy atom. The van der Waals surface area contributed by atoms with Gasteiger partial charge in [0.15, 0.2) is 5.13 Å². The molecule has 0 spiro atoms. The molecule has 3 rings (SSSR count). The average Bonchev–Trinajstić information content (AvgIpc) is 3.15. The molecule has 2 aromatic heterocycles. The number of hydrogen-bond donors (Lipinski definition) is 1. The molecule has 0 saturated carbocycles. The summed E-state index contributed by atoms with van der Waals surface area (Å²) in [5.41, 5.74) is 4.77. The molecule has 2 heterocycles. The highest BCUT2D eigenvalue weighted by Gasteiger charge is 2.14. The number of rotatable bonds is 4. The first-order valence-corrected chi connectivity index (χ1v) is 8.97. The van der Waals surface area contributed by atoms with E-state index in [4.69, 9.17) is 0 Å². The van der Waals surface area contributed by atoms with Crippen molar-refractivity contribution in [2.45, 2.75) is 20.8 Å². The molecular weight excluding hydrogens is 344 g/mol. The van der Waals surface area contributed by atoms with E-state index in [1.54, 1.807) is 6.08 Å². The third-order valence-corrected chi connectivity index (χ3v) is 4.86. The van der Waals surface area contributed by atoms with E-state index >= 15 is 0 Å². The first-order chi connectivity index (χ1) is 12.5. The van der Waals surface area contributed by atoms with Gasteiger partial charge in [0.1, 0.15) is 11.6 Å². The molecule has 1 N–H and O–H groups in total. The summed E-state index contributed by atoms with van der Waals surface area (Å²) in [5.74, 6) is -0.452. The fourth-order valence-corrected chi connectivity index (χ4v) is 3.47. The van der Waals surface area contributed by atoms with Gasteiger partial charge in [0, 0.05) is 22.5 Å². The van der Waals surface area contributed by atoms with Crippen molar-refractivity contribution >= 4 is 28.5 Å². The van der Waals surface area contributed by atoms with Crippen LogP contribution >= 0.6 is 11.3 Å². The number of nitrogens with zero attached hydrogens (tertiary/aromatic N) is 3. The normalized spacial score (nSPS) is 11.2. The number of hydrogen-bond acceptors (Lipinski definition) is 4. The second-order valence-corrected chi connectivity index (χ2v) is 6.77. The van der Waals surface area contributed by atoms with Gasteiger partial charge in [-0.25, -0.2) is 4.98 Å². The predicted molar refractivity (Wildman–Crippen MR) is 104 cm³/mol. The smallest absolute Gasteiger partial charge is 0.268 e. The lowest BCUT2D eigenvalue weighted by molar-refractivity contribution is -0.112. The number of carbonyl (C=O) groups excluding carboxylic acids is 1. The van der Waals surface area contributed by atoms with Crippen molar-refractivity contribution in [2.75, 3.05) is 5.32 Å². The minimum atomic E-state index is -0.452. The van der Waals surface area contributed by atoms with Gasteiger partial charge in [0.2, 0.25) is 0 Å². The number of aromatic nitrogens is 2. The van der Waals surface area contributed by atoms with Crippen molar-refractivity contribution in [2.24, 2.45) is 0 Å². The van der Waals surface area contributed by atoms with Crippen molar-refractivity contribution in [1.29, 1.82) is 5.26 Å². The van der Waals surface area contributed by atoms with E-state index in [2.05, 4.69) is 14.9 Å². The number of thiazole rings is 1. The van der Waals surface area contributed by atoms with E-state index in [9.17, 15) is 10.1 Å². The maximum absolute atomic E-state index is 12.4. The lowest BCUT2D eigenvalue weighted by Gasteiger charge is -2.09. The van der Waals surface area contributed by atoms with E-state index in [0.29, 0.717) is 5.13 Å². The van der Waals surface area contributed by atoms with Crippen LogP contribution in [0.15, 0.2) is 47.4 Å². The Morgan fingerprint density at radius 1 is 1.27 bits per heavy atom. The minimum absolute atomic E-state index is 0.0474. The second-order valence-electron chi connectivity index (χ2n) is 5.92. The molecule has 130 valence electrons. The summed E-state index contributed by atoms with van der Waals surface area (Å²) >= 11 is 1.34. The van der Waals surface area contributed by atoms with Crippen LogP contribution in [0.4, 0.5) is 5.13 Å². The van der Waals surface area contributed by atoms with Gasteiger partial charge in [-0.05, 0) is 50.6 Å². The number of aryl methyl sites for hydroxylation is 2. The van der Waals surface area contributed by atoms with E-state index in [0.717, 1.165) is 28.3 Å². The highest BCUT2D eigenvalue weighted by Crippen LogP contribution is 2.23. The van der Waals surface area contributed by atoms with Crippen LogP contribution in [-0.4, -0.2) is 15.5 Å². The highest BCUT2D eigenvalue weighted by molar-refractivity contribution is 7.13. The summed E-state index contributed by atoms with van der Waals surface area (Å²) in [6.45, 7) is 5.83. The number of carbonyl (C=O) groups is 1. The Balaban J connectivity index is 1.93. The number of nitrogens with one attached hydrogen (secondary N) is 1. The van der Waals surface area contributed by atoms with Gasteiger partial charge in [-0.2, -0.15) is 5.26 Å². The maximum Gasteiger partial charge on any atom is 0.268 e. The fraction of sp³-hybridized carbons (Fsp3) is 0.150. The zero-order valence-corrected chi connectivity index (χ0v) is 15.6. The van der Waals surface area contributed by atoms with Gasteiger partial charge in [-0.1, -0.05) is 18.2 Å². The third kappa shape index (κ3) is 3.58. The number of amides is 1. The lowest BCUT2D eigenvalue weighted by atomic mass is 10.1. The van der Waals surface area contributed by atoms with Gasteiger partial charge >= 0.3 is 0 Å². The van der Waals surface area contributed by atoms with Crippen molar-refractivity contribution in [3.05, 3.63) is 70.0 Å². The van der Waals surface area contributed by atoms with Crippen molar-refractivity contribution in [1.82, 2.24) is 9.55 Å². The van der Waals surface area contributed by atoms with Gasteiger partial charge in [-0.3, -0.25) is 10.1 Å². The van der Waals surface area contributed by atoms with Crippen LogP contribution in [-0.2, 0) is 4.79 Å². The molecular formula is C20H18N4OS. The second kappa shape index (κ2) is 7.38. The molecule has 5 nitrogen and oxygen atoms in total. The maximum atomic E-state index is 12.4. The monoisotopic (exact) mass is 362 g/mol. The first kappa shape index (κ1) is 17.6. The molecule has 0 atom stereocenters. The van der Waals surface area contributed by atoms with E-state index in [1.165, 1.54) is 11.3 Å². The fourth-order valence-electron chi connectivity index (χ4n) is 2.79. The molecule has 0 aliphatic heterocycles. The standard InChI is InChI=1S/C20H18N4OS/c1-13-12-26-20(22-13)23-19(25)17(11-21)10-16-9-14(2)24(15(16)3)18-7-5-4-6-8-18/h4-10,12H,1-3H3,(H,22,23,25)/b17-10-. The topological polar surface area (TPSA) is 70.7 Å². The van der Waals surface area contributed by atoms with Gasteiger partial charge in [0.05, 0.1) is 5.69 Å². The SMILES string of the molecule is Cc1csc(NC(=O)/C(C#N)=C\c2cc(C)n(-c3ccccc3)c2C)n1. The molecule has 0 unspecified atom stereocenters. The van der Waals surface area contributed by atoms with Gasteiger partial charge in [0.25, 0.3) is 5.91 Å². The van der Waals surface area contributed by atoms with E-state index in [-0.39, 0.29) is 5.57 Å². The van der Waals surface area contributed by atoms with Crippen LogP contribution in [0.2, 0.25) is 0 Å². The minimum Gasteiger partial charge on any atom is -0.318 e. The molecule has 1 amide bonds. The van der Waals surface area contributed by atoms with Crippen molar-refractivity contribution < 1.29 is 4.79 Å². The third-order valence-electron chi connectivity index (χ3n) is 3.99. The largest absolute Gasteiger partial charge is 0.318 e. The summed E-state index contributed by atoms with van der Waals surface area (Å²) in [4.78, 5) is 16.6. The number of nitriles is 1. The molecule has 0 fully saturated rings. The molecule has 0 bridgehead atoms. The van der Waals surface area contributed by atoms with Crippen molar-refractivity contribution in [3.63, 3.8) is 0 Å². The molecule has 3 aromatic rings. The van der Waals surface area contributed by atoms with Crippen LogP contribution in [0, 0.1) is 32.1 Å². The van der Waals surface area contributed by atoms with E-state index < -0.39 is 5.91 Å². The zero-order valence-electron chi connectivity index (χ0n) is 14.8. The molecule has 1 aromatic carbocycles. The highest BCUT2D eigenvalue weighted by atomic mass is 32.1. The summed E-state index contributed by atoms with van der Waals surface area (Å²) in [6, 6.07) is 13.9. The quantitative estimate of drug-likeness (QED) is 0.552. The van der Waals surface area contributed by atoms with Crippen molar-refractivity contribution in [3.8, 4) is 11.8 Å². The number of benzene rings is 1. The first-order valence-electron chi connectivity index (χ1n) is 8.09. The number of para-hydroxylation sites is 1. The molecule has 0 aliphatic rings. The predicted octanol–water partition coefficient (Wildman–Crippen LogP) is 4.40. The Bertz CT molecular complexity index is 1020. The summed E-state index contributed by atoms with van der Waals surface area (Å²) in [6.07, 6.45) is 1.62. The molecule has 6 heteroatoms. The summed E-state index contributed by atoms with van der Waals surface area (Å²) in [5, 5.41) is 14.4. The Morgan fingerprint density at radius 2 is 2.00 bits per heavy atom. The van der Waals surface area contributed by atoms with E-state index in [1.807, 2.05) is 68.6 Å². The Labute approximate surface area is 156 Å². The average molecular weight is 362 g/mol. The number of anilines is 1. The van der Waals surface area contributed by atoms with Crippen LogP contribution in [0.5, 0.6) is 0 Å². The van der Waals surface area contributed by atoms with Crippen LogP contribution in [0.1, 0.15) is 22.6 Å². The van der Waals surface area contributed by atoms with Gasteiger partial charge in [-0.15, -0.1) is 11.3 Å². The molecule has 0 aliphatic carbocycles. The summed E-state index contributed by atoms with van der Waals surface area (Å²) in [7, 11) is 0. The molecule has 26 heavy (non-hydrogen) atoms. The Hall–Kier alpha value is -3.17. The lowest BCUT2D eigenvalue weighted by Crippen LogP contribution is -2.13. The summed E-state index contributed by atoms with van der Waals surface area (Å²) < 4.78 is 2.10. The van der Waals surface area contributed by atoms with Gasteiger partial charge < -0.3 is 4.57 Å². The van der Waals surface area contributed by atoms with Crippen LogP contribution in [0.25, 0.3) is 11.8 Å². The Kier molecular flexibility index (Phi) is 5.01. The zero-order chi connectivity index (χ0) is 18.7.